The number of carbonyl (C=O) groups excluding carboxylic acids is 1. The summed E-state index contributed by atoms with van der Waals surface area (Å²) in [6.07, 6.45) is 3.62. The molecule has 0 aromatic heterocycles. The Morgan fingerprint density at radius 2 is 1.76 bits per heavy atom. The molecule has 1 saturated heterocycles. The van der Waals surface area contributed by atoms with E-state index >= 15 is 0 Å². The number of rotatable bonds is 12. The zero-order valence-electron chi connectivity index (χ0n) is 24.1. The van der Waals surface area contributed by atoms with E-state index < -0.39 is 10.0 Å². The van der Waals surface area contributed by atoms with Crippen LogP contribution in [-0.4, -0.2) is 95.6 Å². The molecule has 0 spiro atoms. The van der Waals surface area contributed by atoms with Gasteiger partial charge in [-0.05, 0) is 86.2 Å². The maximum atomic E-state index is 13.2. The Morgan fingerprint density at radius 3 is 2.30 bits per heavy atom. The second kappa shape index (κ2) is 11.6. The fraction of sp³-hybridized carbons (Fsp3) is 0.750. The summed E-state index contributed by atoms with van der Waals surface area (Å²) in [5.41, 5.74) is 1.68. The average Bonchev–Trinajstić information content (AvgIpc) is 3.01. The van der Waals surface area contributed by atoms with Crippen LogP contribution in [0.3, 0.4) is 0 Å². The van der Waals surface area contributed by atoms with Gasteiger partial charge in [-0.1, -0.05) is 20.8 Å². The van der Waals surface area contributed by atoms with Gasteiger partial charge in [0, 0.05) is 33.7 Å². The molecule has 1 aromatic rings. The van der Waals surface area contributed by atoms with Gasteiger partial charge in [-0.3, -0.25) is 4.79 Å². The van der Waals surface area contributed by atoms with Crippen molar-refractivity contribution in [2.24, 2.45) is 16.7 Å². The Bertz CT molecular complexity index is 1050. The quantitative estimate of drug-likeness (QED) is 0.380. The predicted molar refractivity (Wildman–Crippen MR) is 146 cm³/mol. The minimum absolute atomic E-state index is 0.0524. The third-order valence-electron chi connectivity index (χ3n) is 9.18. The second-order valence-electron chi connectivity index (χ2n) is 11.9. The zero-order valence-corrected chi connectivity index (χ0v) is 24.9. The lowest BCUT2D eigenvalue weighted by molar-refractivity contribution is -0.136. The van der Waals surface area contributed by atoms with Crippen molar-refractivity contribution in [3.8, 4) is 5.75 Å². The SMILES string of the molecule is COc1cc(C)c(S(=O)(=O)N(C)CCOCC(=O)N(C)CC2CC[C@@](C)(CN3CCC3)C2(C)C)c(C)c1. The number of likely N-dealkylation sites (tertiary alicyclic amines) is 1. The van der Waals surface area contributed by atoms with Gasteiger partial charge < -0.3 is 19.3 Å². The number of aryl methyl sites for hydroxylation is 2. The van der Waals surface area contributed by atoms with Crippen LogP contribution >= 0.6 is 0 Å². The number of carbonyl (C=O) groups is 1. The Hall–Kier alpha value is -1.68. The normalized spacial score (nSPS) is 23.8. The molecule has 1 aromatic carbocycles. The lowest BCUT2D eigenvalue weighted by Crippen LogP contribution is -2.49. The van der Waals surface area contributed by atoms with Gasteiger partial charge in [0.2, 0.25) is 15.9 Å². The van der Waals surface area contributed by atoms with E-state index in [1.165, 1.54) is 37.3 Å². The summed E-state index contributed by atoms with van der Waals surface area (Å²) in [5, 5.41) is 0. The first-order valence-corrected chi connectivity index (χ1v) is 14.8. The molecule has 1 aliphatic carbocycles. The summed E-state index contributed by atoms with van der Waals surface area (Å²) in [6, 6.07) is 3.44. The summed E-state index contributed by atoms with van der Waals surface area (Å²) in [6.45, 7) is 15.2. The van der Waals surface area contributed by atoms with Crippen molar-refractivity contribution >= 4 is 15.9 Å². The largest absolute Gasteiger partial charge is 0.497 e. The van der Waals surface area contributed by atoms with Gasteiger partial charge in [0.25, 0.3) is 0 Å². The summed E-state index contributed by atoms with van der Waals surface area (Å²) < 4.78 is 38.5. The highest BCUT2D eigenvalue weighted by Gasteiger charge is 2.52. The molecule has 9 heteroatoms. The van der Waals surface area contributed by atoms with E-state index in [-0.39, 0.29) is 41.4 Å². The van der Waals surface area contributed by atoms with Gasteiger partial charge in [0.05, 0.1) is 18.6 Å². The maximum absolute atomic E-state index is 13.2. The van der Waals surface area contributed by atoms with Gasteiger partial charge >= 0.3 is 0 Å². The smallest absolute Gasteiger partial charge is 0.248 e. The third kappa shape index (κ3) is 6.32. The molecule has 0 N–H and O–H groups in total. The van der Waals surface area contributed by atoms with Gasteiger partial charge in [-0.25, -0.2) is 8.42 Å². The van der Waals surface area contributed by atoms with E-state index in [9.17, 15) is 13.2 Å². The predicted octanol–water partition coefficient (Wildman–Crippen LogP) is 3.56. The number of hydrogen-bond donors (Lipinski definition) is 0. The molecule has 2 aliphatic rings. The van der Waals surface area contributed by atoms with Crippen molar-refractivity contribution in [1.29, 1.82) is 0 Å². The van der Waals surface area contributed by atoms with Gasteiger partial charge in [0.1, 0.15) is 12.4 Å². The topological polar surface area (TPSA) is 79.4 Å². The standard InChI is InChI=1S/C28H47N3O5S/c1-21-16-24(35-8)17-22(2)26(21)37(33,34)30(7)14-15-36-19-25(32)29(6)18-23-10-11-28(5,27(23,3)4)20-31-12-9-13-31/h16-17,23H,9-15,18-20H2,1-8H3/t23?,28-/m0/s1. The molecule has 1 heterocycles. The molecule has 2 fully saturated rings. The fourth-order valence-electron chi connectivity index (χ4n) is 5.91. The molecule has 210 valence electrons. The van der Waals surface area contributed by atoms with Crippen LogP contribution in [-0.2, 0) is 19.6 Å². The summed E-state index contributed by atoms with van der Waals surface area (Å²) >= 11 is 0. The number of ether oxygens (including phenoxy) is 2. The Balaban J connectivity index is 1.47. The number of nitrogens with zero attached hydrogens (tertiary/aromatic N) is 3. The Kier molecular flexibility index (Phi) is 9.36. The number of sulfonamides is 1. The number of likely N-dealkylation sites (N-methyl/N-ethyl adjacent to an activating group) is 2. The van der Waals surface area contributed by atoms with E-state index in [2.05, 4.69) is 25.7 Å². The first-order valence-electron chi connectivity index (χ1n) is 13.4. The van der Waals surface area contributed by atoms with Gasteiger partial charge in [0.15, 0.2) is 0 Å². The summed E-state index contributed by atoms with van der Waals surface area (Å²) in [5.74, 6) is 1.00. The molecular formula is C28H47N3O5S. The average molecular weight is 538 g/mol. The molecule has 1 amide bonds. The van der Waals surface area contributed by atoms with E-state index in [1.54, 1.807) is 38.0 Å². The van der Waals surface area contributed by atoms with Crippen LogP contribution in [0.5, 0.6) is 5.75 Å². The van der Waals surface area contributed by atoms with E-state index in [1.807, 2.05) is 7.05 Å². The Labute approximate surface area is 224 Å². The molecule has 0 radical (unpaired) electrons. The fourth-order valence-corrected chi connectivity index (χ4v) is 7.47. The molecule has 2 atom stereocenters. The van der Waals surface area contributed by atoms with Gasteiger partial charge in [-0.15, -0.1) is 0 Å². The highest BCUT2D eigenvalue weighted by atomic mass is 32.2. The minimum Gasteiger partial charge on any atom is -0.497 e. The highest BCUT2D eigenvalue weighted by Crippen LogP contribution is 2.56. The van der Waals surface area contributed by atoms with Crippen LogP contribution in [0.1, 0.15) is 51.2 Å². The van der Waals surface area contributed by atoms with Crippen LogP contribution in [0.4, 0.5) is 0 Å². The van der Waals surface area contributed by atoms with Crippen LogP contribution < -0.4 is 4.74 Å². The molecular weight excluding hydrogens is 490 g/mol. The van der Waals surface area contributed by atoms with E-state index in [0.717, 1.165) is 19.5 Å². The van der Waals surface area contributed by atoms with Crippen LogP contribution in [0.2, 0.25) is 0 Å². The van der Waals surface area contributed by atoms with Crippen molar-refractivity contribution in [3.05, 3.63) is 23.3 Å². The van der Waals surface area contributed by atoms with E-state index in [4.69, 9.17) is 9.47 Å². The monoisotopic (exact) mass is 537 g/mol. The minimum atomic E-state index is -3.69. The second-order valence-corrected chi connectivity index (χ2v) is 13.9. The lowest BCUT2D eigenvalue weighted by atomic mass is 9.65. The van der Waals surface area contributed by atoms with Crippen molar-refractivity contribution in [1.82, 2.24) is 14.1 Å². The molecule has 3 rings (SSSR count). The molecule has 8 nitrogen and oxygen atoms in total. The summed E-state index contributed by atoms with van der Waals surface area (Å²) in [4.78, 5) is 17.4. The molecule has 1 saturated carbocycles. The van der Waals surface area contributed by atoms with Crippen LogP contribution in [0.25, 0.3) is 0 Å². The molecule has 1 aliphatic heterocycles. The van der Waals surface area contributed by atoms with Crippen molar-refractivity contribution in [2.75, 3.05) is 67.1 Å². The highest BCUT2D eigenvalue weighted by molar-refractivity contribution is 7.89. The van der Waals surface area contributed by atoms with Crippen LogP contribution in [0.15, 0.2) is 17.0 Å². The number of amides is 1. The lowest BCUT2D eigenvalue weighted by Gasteiger charge is -2.47. The number of benzene rings is 1. The van der Waals surface area contributed by atoms with Crippen molar-refractivity contribution < 1.29 is 22.7 Å². The molecule has 0 bridgehead atoms. The first kappa shape index (κ1) is 29.9. The van der Waals surface area contributed by atoms with Gasteiger partial charge in [-0.2, -0.15) is 4.31 Å². The number of methoxy groups -OCH3 is 1. The van der Waals surface area contributed by atoms with E-state index in [0.29, 0.717) is 22.8 Å². The zero-order chi connectivity index (χ0) is 27.6. The Morgan fingerprint density at radius 1 is 1.14 bits per heavy atom. The third-order valence-corrected chi connectivity index (χ3v) is 11.3. The molecule has 37 heavy (non-hydrogen) atoms. The van der Waals surface area contributed by atoms with Crippen molar-refractivity contribution in [3.63, 3.8) is 0 Å². The molecule has 1 unspecified atom stereocenters. The van der Waals surface area contributed by atoms with Crippen molar-refractivity contribution in [2.45, 2.75) is 58.8 Å². The number of hydrogen-bond acceptors (Lipinski definition) is 6. The summed E-state index contributed by atoms with van der Waals surface area (Å²) in [7, 11) is 1.25. The first-order chi connectivity index (χ1) is 17.2. The maximum Gasteiger partial charge on any atom is 0.248 e. The van der Waals surface area contributed by atoms with Crippen LogP contribution in [0, 0.1) is 30.6 Å².